The standard InChI is InChI=1S/C12H27NO2Si/c1-11(2,3)16(5,6)15-10-7-8-13-12(10,4)9-14/h10,13-14H,7-9H2,1-6H3/t10-,12-/m1/s1. The van der Waals surface area contributed by atoms with E-state index in [9.17, 15) is 5.11 Å². The van der Waals surface area contributed by atoms with Crippen LogP contribution in [0.15, 0.2) is 0 Å². The summed E-state index contributed by atoms with van der Waals surface area (Å²) in [6.07, 6.45) is 1.15. The molecule has 0 saturated carbocycles. The van der Waals surface area contributed by atoms with Crippen molar-refractivity contribution < 1.29 is 9.53 Å². The highest BCUT2D eigenvalue weighted by Gasteiger charge is 2.46. The predicted octanol–water partition coefficient (Wildman–Crippen LogP) is 2.12. The van der Waals surface area contributed by atoms with Gasteiger partial charge in [0.15, 0.2) is 8.32 Å². The molecule has 1 saturated heterocycles. The Hall–Kier alpha value is 0.0969. The summed E-state index contributed by atoms with van der Waals surface area (Å²) in [6, 6.07) is 0. The van der Waals surface area contributed by atoms with E-state index in [1.54, 1.807) is 0 Å². The van der Waals surface area contributed by atoms with Crippen LogP contribution < -0.4 is 5.32 Å². The highest BCUT2D eigenvalue weighted by molar-refractivity contribution is 6.74. The van der Waals surface area contributed by atoms with Crippen LogP contribution in [0.5, 0.6) is 0 Å². The first kappa shape index (κ1) is 14.2. The summed E-state index contributed by atoms with van der Waals surface area (Å²) in [4.78, 5) is 0. The zero-order valence-electron chi connectivity index (χ0n) is 11.6. The second-order valence-corrected chi connectivity index (χ2v) is 11.4. The van der Waals surface area contributed by atoms with Gasteiger partial charge in [-0.05, 0) is 38.0 Å². The van der Waals surface area contributed by atoms with Crippen molar-refractivity contribution in [1.82, 2.24) is 5.32 Å². The third-order valence-electron chi connectivity index (χ3n) is 4.22. The minimum atomic E-state index is -1.73. The first-order valence-electron chi connectivity index (χ1n) is 6.16. The number of nitrogens with one attached hydrogen (secondary N) is 1. The molecule has 4 heteroatoms. The van der Waals surface area contributed by atoms with E-state index in [1.807, 2.05) is 0 Å². The number of aliphatic hydroxyl groups is 1. The minimum Gasteiger partial charge on any atom is -0.412 e. The van der Waals surface area contributed by atoms with E-state index in [1.165, 1.54) is 0 Å². The van der Waals surface area contributed by atoms with Gasteiger partial charge in [0.05, 0.1) is 18.2 Å². The highest BCUT2D eigenvalue weighted by atomic mass is 28.4. The number of hydrogen-bond acceptors (Lipinski definition) is 3. The van der Waals surface area contributed by atoms with Crippen LogP contribution >= 0.6 is 0 Å². The van der Waals surface area contributed by atoms with Gasteiger partial charge in [0.25, 0.3) is 0 Å². The molecule has 0 aliphatic carbocycles. The van der Waals surface area contributed by atoms with Gasteiger partial charge in [-0.2, -0.15) is 0 Å². The summed E-state index contributed by atoms with van der Waals surface area (Å²) in [5.41, 5.74) is -0.254. The predicted molar refractivity (Wildman–Crippen MR) is 70.2 cm³/mol. The summed E-state index contributed by atoms with van der Waals surface area (Å²) < 4.78 is 6.39. The van der Waals surface area contributed by atoms with E-state index in [0.717, 1.165) is 13.0 Å². The lowest BCUT2D eigenvalue weighted by Gasteiger charge is -2.42. The molecular weight excluding hydrogens is 218 g/mol. The average Bonchev–Trinajstić information content (AvgIpc) is 2.46. The molecule has 0 unspecified atom stereocenters. The highest BCUT2D eigenvalue weighted by Crippen LogP contribution is 2.39. The maximum Gasteiger partial charge on any atom is 0.192 e. The van der Waals surface area contributed by atoms with Crippen molar-refractivity contribution in [2.75, 3.05) is 13.2 Å². The number of rotatable bonds is 3. The largest absolute Gasteiger partial charge is 0.412 e. The SMILES string of the molecule is CC(C)(C)[Si](C)(C)O[C@@H]1CCN[C@]1(C)CO. The topological polar surface area (TPSA) is 41.5 Å². The van der Waals surface area contributed by atoms with E-state index < -0.39 is 8.32 Å². The molecule has 1 aliphatic heterocycles. The van der Waals surface area contributed by atoms with Gasteiger partial charge >= 0.3 is 0 Å². The molecule has 96 valence electrons. The minimum absolute atomic E-state index is 0.145. The Morgan fingerprint density at radius 2 is 2.00 bits per heavy atom. The molecule has 0 aromatic heterocycles. The second kappa shape index (κ2) is 4.41. The molecule has 1 fully saturated rings. The van der Waals surface area contributed by atoms with Crippen molar-refractivity contribution >= 4 is 8.32 Å². The average molecular weight is 245 g/mol. The van der Waals surface area contributed by atoms with Gasteiger partial charge in [-0.1, -0.05) is 20.8 Å². The Labute approximate surface area is 101 Å². The quantitative estimate of drug-likeness (QED) is 0.748. The van der Waals surface area contributed by atoms with E-state index >= 15 is 0 Å². The van der Waals surface area contributed by atoms with Crippen LogP contribution in [0, 0.1) is 0 Å². The molecular formula is C12H27NO2Si. The normalized spacial score (nSPS) is 32.1. The lowest BCUT2D eigenvalue weighted by atomic mass is 9.99. The van der Waals surface area contributed by atoms with Gasteiger partial charge in [0, 0.05) is 0 Å². The molecule has 2 atom stereocenters. The molecule has 3 nitrogen and oxygen atoms in total. The van der Waals surface area contributed by atoms with Crippen LogP contribution in [0.1, 0.15) is 34.1 Å². The Balaban J connectivity index is 2.74. The van der Waals surface area contributed by atoms with Crippen LogP contribution in [0.3, 0.4) is 0 Å². The fourth-order valence-corrected chi connectivity index (χ4v) is 3.24. The van der Waals surface area contributed by atoms with Gasteiger partial charge < -0.3 is 14.8 Å². The molecule has 0 amide bonds. The summed E-state index contributed by atoms with van der Waals surface area (Å²) in [5, 5.41) is 13.1. The van der Waals surface area contributed by atoms with Crippen molar-refractivity contribution in [3.05, 3.63) is 0 Å². The third-order valence-corrected chi connectivity index (χ3v) is 8.70. The first-order chi connectivity index (χ1) is 7.12. The zero-order valence-corrected chi connectivity index (χ0v) is 12.6. The van der Waals surface area contributed by atoms with Crippen molar-refractivity contribution in [2.24, 2.45) is 0 Å². The van der Waals surface area contributed by atoms with Crippen LogP contribution in [0.25, 0.3) is 0 Å². The van der Waals surface area contributed by atoms with Gasteiger partial charge in [-0.3, -0.25) is 0 Å². The monoisotopic (exact) mass is 245 g/mol. The summed E-state index contributed by atoms with van der Waals surface area (Å²) >= 11 is 0. The Kier molecular flexibility index (Phi) is 3.90. The molecule has 0 spiro atoms. The smallest absolute Gasteiger partial charge is 0.192 e. The number of aliphatic hydroxyl groups excluding tert-OH is 1. The molecule has 0 aromatic rings. The molecule has 2 N–H and O–H groups in total. The molecule has 0 radical (unpaired) electrons. The van der Waals surface area contributed by atoms with Crippen LogP contribution in [-0.2, 0) is 4.43 Å². The molecule has 1 rings (SSSR count). The molecule has 1 aliphatic rings. The Morgan fingerprint density at radius 1 is 1.44 bits per heavy atom. The maximum absolute atomic E-state index is 9.47. The summed E-state index contributed by atoms with van der Waals surface area (Å²) in [7, 11) is -1.73. The lowest BCUT2D eigenvalue weighted by Crippen LogP contribution is -2.54. The molecule has 0 aromatic carbocycles. The Bertz CT molecular complexity index is 250. The van der Waals surface area contributed by atoms with Gasteiger partial charge in [0.1, 0.15) is 0 Å². The fourth-order valence-electron chi connectivity index (χ4n) is 1.80. The molecule has 1 heterocycles. The van der Waals surface area contributed by atoms with Crippen LogP contribution in [0.4, 0.5) is 0 Å². The third kappa shape index (κ3) is 2.67. The van der Waals surface area contributed by atoms with E-state index in [4.69, 9.17) is 4.43 Å². The van der Waals surface area contributed by atoms with E-state index in [-0.39, 0.29) is 23.3 Å². The van der Waals surface area contributed by atoms with Crippen molar-refractivity contribution in [3.8, 4) is 0 Å². The van der Waals surface area contributed by atoms with Crippen LogP contribution in [0.2, 0.25) is 18.1 Å². The fraction of sp³-hybridized carbons (Fsp3) is 1.00. The van der Waals surface area contributed by atoms with Gasteiger partial charge in [-0.15, -0.1) is 0 Å². The number of hydrogen-bond donors (Lipinski definition) is 2. The van der Waals surface area contributed by atoms with Crippen molar-refractivity contribution in [2.45, 2.75) is 63.9 Å². The van der Waals surface area contributed by atoms with Crippen molar-refractivity contribution in [1.29, 1.82) is 0 Å². The van der Waals surface area contributed by atoms with Crippen molar-refractivity contribution in [3.63, 3.8) is 0 Å². The zero-order chi connectivity index (χ0) is 12.6. The van der Waals surface area contributed by atoms with Gasteiger partial charge in [-0.25, -0.2) is 0 Å². The first-order valence-corrected chi connectivity index (χ1v) is 9.07. The lowest BCUT2D eigenvalue weighted by molar-refractivity contribution is 0.0706. The molecule has 16 heavy (non-hydrogen) atoms. The summed E-state index contributed by atoms with van der Waals surface area (Å²) in [6.45, 7) is 14.4. The van der Waals surface area contributed by atoms with Gasteiger partial charge in [0.2, 0.25) is 0 Å². The van der Waals surface area contributed by atoms with E-state index in [2.05, 4.69) is 46.1 Å². The van der Waals surface area contributed by atoms with Crippen LogP contribution in [-0.4, -0.2) is 38.2 Å². The Morgan fingerprint density at radius 3 is 2.44 bits per heavy atom. The van der Waals surface area contributed by atoms with E-state index in [0.29, 0.717) is 0 Å². The summed E-state index contributed by atoms with van der Waals surface area (Å²) in [5.74, 6) is 0. The molecule has 0 bridgehead atoms. The second-order valence-electron chi connectivity index (χ2n) is 6.66. The maximum atomic E-state index is 9.47.